The van der Waals surface area contributed by atoms with E-state index in [1.165, 1.54) is 12.3 Å². The van der Waals surface area contributed by atoms with Gasteiger partial charge in [0.2, 0.25) is 5.89 Å². The number of nitrogens with one attached hydrogen (secondary N) is 1. The second kappa shape index (κ2) is 7.42. The Morgan fingerprint density at radius 1 is 1.28 bits per heavy atom. The molecule has 1 aromatic carbocycles. The fraction of sp³-hybridized carbons (Fsp3) is 0.278. The number of rotatable bonds is 5. The minimum absolute atomic E-state index is 0.163. The van der Waals surface area contributed by atoms with Crippen molar-refractivity contribution in [2.75, 3.05) is 0 Å². The zero-order chi connectivity index (χ0) is 18.0. The van der Waals surface area contributed by atoms with Gasteiger partial charge in [-0.25, -0.2) is 9.97 Å². The SMILES string of the molecule is CC(C)C[C@@H](NC(=O)c1cnc(Cl)c(Cl)c1)c1nc2ccccc2o1. The van der Waals surface area contributed by atoms with Crippen molar-refractivity contribution in [3.8, 4) is 0 Å². The number of carbonyl (C=O) groups excluding carboxylic acids is 1. The Hall–Kier alpha value is -2.11. The maximum absolute atomic E-state index is 12.6. The number of hydrogen-bond donors (Lipinski definition) is 1. The molecule has 0 aliphatic carbocycles. The van der Waals surface area contributed by atoms with Gasteiger partial charge in [-0.1, -0.05) is 49.2 Å². The third kappa shape index (κ3) is 4.11. The largest absolute Gasteiger partial charge is 0.438 e. The van der Waals surface area contributed by atoms with Crippen LogP contribution >= 0.6 is 23.2 Å². The summed E-state index contributed by atoms with van der Waals surface area (Å²) in [5.41, 5.74) is 1.78. The first-order chi connectivity index (χ1) is 11.9. The molecular weight excluding hydrogens is 361 g/mol. The molecule has 2 aromatic heterocycles. The summed E-state index contributed by atoms with van der Waals surface area (Å²) in [6, 6.07) is 8.64. The molecule has 0 unspecified atom stereocenters. The van der Waals surface area contributed by atoms with E-state index in [-0.39, 0.29) is 22.1 Å². The fourth-order valence-electron chi connectivity index (χ4n) is 2.52. The molecule has 0 radical (unpaired) electrons. The Labute approximate surface area is 155 Å². The van der Waals surface area contributed by atoms with Crippen molar-refractivity contribution >= 4 is 40.2 Å². The van der Waals surface area contributed by atoms with Gasteiger partial charge < -0.3 is 9.73 Å². The number of carbonyl (C=O) groups is 1. The first-order valence-corrected chi connectivity index (χ1v) is 8.67. The van der Waals surface area contributed by atoms with Crippen LogP contribution in [0.3, 0.4) is 0 Å². The number of oxazole rings is 1. The summed E-state index contributed by atoms with van der Waals surface area (Å²) >= 11 is 11.7. The Kier molecular flexibility index (Phi) is 5.25. The molecule has 0 aliphatic heterocycles. The van der Waals surface area contributed by atoms with Gasteiger partial charge in [0, 0.05) is 6.20 Å². The third-order valence-electron chi connectivity index (χ3n) is 3.68. The molecule has 0 bridgehead atoms. The normalized spacial score (nSPS) is 12.5. The predicted octanol–water partition coefficient (Wildman–Crippen LogP) is 5.05. The number of amides is 1. The molecule has 3 aromatic rings. The highest BCUT2D eigenvalue weighted by Gasteiger charge is 2.23. The third-order valence-corrected chi connectivity index (χ3v) is 4.37. The molecule has 0 saturated carbocycles. The Balaban J connectivity index is 1.87. The maximum atomic E-state index is 12.6. The van der Waals surface area contributed by atoms with Crippen molar-refractivity contribution < 1.29 is 9.21 Å². The van der Waals surface area contributed by atoms with Crippen molar-refractivity contribution in [3.63, 3.8) is 0 Å². The van der Waals surface area contributed by atoms with Gasteiger partial charge in [-0.15, -0.1) is 0 Å². The van der Waals surface area contributed by atoms with Gasteiger partial charge in [-0.2, -0.15) is 0 Å². The Morgan fingerprint density at radius 3 is 2.72 bits per heavy atom. The summed E-state index contributed by atoms with van der Waals surface area (Å²) in [5, 5.41) is 3.35. The molecule has 1 atom stereocenters. The van der Waals surface area contributed by atoms with Gasteiger partial charge in [0.05, 0.1) is 10.6 Å². The molecule has 0 fully saturated rings. The summed E-state index contributed by atoms with van der Waals surface area (Å²) in [4.78, 5) is 21.0. The molecule has 1 N–H and O–H groups in total. The molecule has 130 valence electrons. The van der Waals surface area contributed by atoms with Crippen LogP contribution in [0.2, 0.25) is 10.2 Å². The summed E-state index contributed by atoms with van der Waals surface area (Å²) in [7, 11) is 0. The number of fused-ring (bicyclic) bond motifs is 1. The van der Waals surface area contributed by atoms with Gasteiger partial charge >= 0.3 is 0 Å². The number of hydrogen-bond acceptors (Lipinski definition) is 4. The number of pyridine rings is 1. The number of halogens is 2. The summed E-state index contributed by atoms with van der Waals surface area (Å²) < 4.78 is 5.82. The molecule has 5 nitrogen and oxygen atoms in total. The van der Waals surface area contributed by atoms with E-state index in [2.05, 4.69) is 29.1 Å². The minimum Gasteiger partial charge on any atom is -0.438 e. The summed E-state index contributed by atoms with van der Waals surface area (Å²) in [6.45, 7) is 4.14. The second-order valence-electron chi connectivity index (χ2n) is 6.17. The first kappa shape index (κ1) is 17.7. The Bertz CT molecular complexity index is 875. The highest BCUT2D eigenvalue weighted by atomic mass is 35.5. The van der Waals surface area contributed by atoms with E-state index in [1.54, 1.807) is 0 Å². The van der Waals surface area contributed by atoms with Crippen molar-refractivity contribution in [2.24, 2.45) is 5.92 Å². The molecule has 2 heterocycles. The van der Waals surface area contributed by atoms with Crippen molar-refractivity contribution in [1.82, 2.24) is 15.3 Å². The lowest BCUT2D eigenvalue weighted by Crippen LogP contribution is -2.29. The zero-order valence-corrected chi connectivity index (χ0v) is 15.3. The van der Waals surface area contributed by atoms with E-state index in [0.717, 1.165) is 5.52 Å². The minimum atomic E-state index is -0.352. The monoisotopic (exact) mass is 377 g/mol. The Morgan fingerprint density at radius 2 is 2.04 bits per heavy atom. The summed E-state index contributed by atoms with van der Waals surface area (Å²) in [6.07, 6.45) is 2.08. The van der Waals surface area contributed by atoms with Crippen molar-refractivity contribution in [3.05, 3.63) is 58.2 Å². The first-order valence-electron chi connectivity index (χ1n) is 7.91. The van der Waals surface area contributed by atoms with Gasteiger partial charge in [0.25, 0.3) is 5.91 Å². The van der Waals surface area contributed by atoms with Crippen LogP contribution in [0.5, 0.6) is 0 Å². The molecule has 1 amide bonds. The van der Waals surface area contributed by atoms with Crippen LogP contribution in [-0.2, 0) is 0 Å². The predicted molar refractivity (Wildman–Crippen MR) is 97.9 cm³/mol. The molecule has 3 rings (SSSR count). The lowest BCUT2D eigenvalue weighted by Gasteiger charge is -2.17. The molecular formula is C18H17Cl2N3O2. The topological polar surface area (TPSA) is 68.0 Å². The number of para-hydroxylation sites is 2. The molecule has 0 spiro atoms. The van der Waals surface area contributed by atoms with Gasteiger partial charge in [-0.3, -0.25) is 4.79 Å². The van der Waals surface area contributed by atoms with Crippen LogP contribution in [0, 0.1) is 5.92 Å². The highest BCUT2D eigenvalue weighted by Crippen LogP contribution is 2.26. The average Bonchev–Trinajstić information content (AvgIpc) is 3.00. The van der Waals surface area contributed by atoms with Gasteiger partial charge in [-0.05, 0) is 30.5 Å². The smallest absolute Gasteiger partial charge is 0.253 e. The van der Waals surface area contributed by atoms with E-state index < -0.39 is 0 Å². The number of aromatic nitrogens is 2. The molecule has 0 saturated heterocycles. The maximum Gasteiger partial charge on any atom is 0.253 e. The molecule has 7 heteroatoms. The van der Waals surface area contributed by atoms with E-state index in [9.17, 15) is 4.79 Å². The van der Waals surface area contributed by atoms with Crippen LogP contribution in [0.25, 0.3) is 11.1 Å². The standard InChI is InChI=1S/C18H17Cl2N3O2/c1-10(2)7-14(18-23-13-5-3-4-6-15(13)25-18)22-17(24)11-8-12(19)16(20)21-9-11/h3-6,8-10,14H,7H2,1-2H3,(H,22,24)/t14-/m1/s1. The van der Waals surface area contributed by atoms with Gasteiger partial charge in [0.1, 0.15) is 16.7 Å². The summed E-state index contributed by atoms with van der Waals surface area (Å²) in [5.74, 6) is 0.516. The van der Waals surface area contributed by atoms with Crippen LogP contribution in [0.4, 0.5) is 0 Å². The van der Waals surface area contributed by atoms with Gasteiger partial charge in [0.15, 0.2) is 5.58 Å². The van der Waals surface area contributed by atoms with E-state index in [4.69, 9.17) is 27.6 Å². The quantitative estimate of drug-likeness (QED) is 0.631. The van der Waals surface area contributed by atoms with Crippen LogP contribution in [0.1, 0.15) is 42.6 Å². The zero-order valence-electron chi connectivity index (χ0n) is 13.8. The molecule has 25 heavy (non-hydrogen) atoms. The lowest BCUT2D eigenvalue weighted by atomic mass is 10.0. The van der Waals surface area contributed by atoms with Crippen LogP contribution in [-0.4, -0.2) is 15.9 Å². The van der Waals surface area contributed by atoms with Crippen LogP contribution < -0.4 is 5.32 Å². The van der Waals surface area contributed by atoms with Crippen LogP contribution in [0.15, 0.2) is 40.9 Å². The van der Waals surface area contributed by atoms with E-state index in [1.807, 2.05) is 24.3 Å². The number of benzene rings is 1. The highest BCUT2D eigenvalue weighted by molar-refractivity contribution is 6.41. The average molecular weight is 378 g/mol. The van der Waals surface area contributed by atoms with E-state index in [0.29, 0.717) is 29.4 Å². The van der Waals surface area contributed by atoms with Crippen molar-refractivity contribution in [2.45, 2.75) is 26.3 Å². The fourth-order valence-corrected chi connectivity index (χ4v) is 2.79. The second-order valence-corrected chi connectivity index (χ2v) is 6.94. The number of nitrogens with zero attached hydrogens (tertiary/aromatic N) is 2. The van der Waals surface area contributed by atoms with Crippen molar-refractivity contribution in [1.29, 1.82) is 0 Å². The van der Waals surface area contributed by atoms with E-state index >= 15 is 0 Å². The molecule has 0 aliphatic rings. The lowest BCUT2D eigenvalue weighted by molar-refractivity contribution is 0.0924.